The lowest BCUT2D eigenvalue weighted by Crippen LogP contribution is -2.48. The van der Waals surface area contributed by atoms with E-state index in [0.717, 1.165) is 11.3 Å². The van der Waals surface area contributed by atoms with E-state index in [1.165, 1.54) is 7.05 Å². The molecule has 1 aromatic rings. The van der Waals surface area contributed by atoms with Crippen molar-refractivity contribution in [2.45, 2.75) is 32.2 Å². The summed E-state index contributed by atoms with van der Waals surface area (Å²) in [7, 11) is 1.47. The second-order valence-corrected chi connectivity index (χ2v) is 5.04. The Balaban J connectivity index is 2.10. The molecule has 9 heteroatoms. The third kappa shape index (κ3) is 3.78. The smallest absolute Gasteiger partial charge is 0.251 e. The SMILES string of the molecule is CCCNc1nc(Cl)nc(NC2CCC(=O)N(C)C2=O)n1. The monoisotopic (exact) mass is 312 g/mol. The van der Waals surface area contributed by atoms with Crippen LogP contribution >= 0.6 is 11.6 Å². The Hall–Kier alpha value is -1.96. The van der Waals surface area contributed by atoms with Crippen LogP contribution in [-0.4, -0.2) is 51.3 Å². The number of carbonyl (C=O) groups excluding carboxylic acids is 2. The van der Waals surface area contributed by atoms with Gasteiger partial charge in [0.25, 0.3) is 5.91 Å². The van der Waals surface area contributed by atoms with Gasteiger partial charge in [-0.1, -0.05) is 6.92 Å². The number of nitrogens with one attached hydrogen (secondary N) is 2. The summed E-state index contributed by atoms with van der Waals surface area (Å²) < 4.78 is 0. The molecule has 21 heavy (non-hydrogen) atoms. The Labute approximate surface area is 127 Å². The zero-order valence-electron chi connectivity index (χ0n) is 11.9. The predicted molar refractivity (Wildman–Crippen MR) is 78.0 cm³/mol. The van der Waals surface area contributed by atoms with Crippen LogP contribution < -0.4 is 10.6 Å². The first-order chi connectivity index (χ1) is 10.0. The fourth-order valence-electron chi connectivity index (χ4n) is 1.94. The van der Waals surface area contributed by atoms with Crippen molar-refractivity contribution in [3.63, 3.8) is 0 Å². The molecule has 1 aromatic heterocycles. The van der Waals surface area contributed by atoms with Crippen LogP contribution in [0.4, 0.5) is 11.9 Å². The Kier molecular flexibility index (Phi) is 4.89. The van der Waals surface area contributed by atoms with Gasteiger partial charge in [-0.3, -0.25) is 14.5 Å². The Morgan fingerprint density at radius 3 is 2.71 bits per heavy atom. The largest absolute Gasteiger partial charge is 0.354 e. The fourth-order valence-corrected chi connectivity index (χ4v) is 2.10. The Morgan fingerprint density at radius 2 is 2.00 bits per heavy atom. The topological polar surface area (TPSA) is 100 Å². The van der Waals surface area contributed by atoms with E-state index in [-0.39, 0.29) is 23.0 Å². The van der Waals surface area contributed by atoms with Gasteiger partial charge in [0.1, 0.15) is 6.04 Å². The van der Waals surface area contributed by atoms with Crippen LogP contribution in [0.25, 0.3) is 0 Å². The molecule has 0 radical (unpaired) electrons. The van der Waals surface area contributed by atoms with Crippen molar-refractivity contribution >= 4 is 35.3 Å². The van der Waals surface area contributed by atoms with Crippen molar-refractivity contribution in [3.05, 3.63) is 5.28 Å². The van der Waals surface area contributed by atoms with E-state index < -0.39 is 6.04 Å². The number of hydrogen-bond donors (Lipinski definition) is 2. The molecule has 8 nitrogen and oxygen atoms in total. The van der Waals surface area contributed by atoms with Gasteiger partial charge in [-0.2, -0.15) is 15.0 Å². The molecule has 0 spiro atoms. The number of nitrogens with zero attached hydrogens (tertiary/aromatic N) is 4. The summed E-state index contributed by atoms with van der Waals surface area (Å²) in [6.07, 6.45) is 1.63. The van der Waals surface area contributed by atoms with Crippen molar-refractivity contribution in [2.24, 2.45) is 0 Å². The van der Waals surface area contributed by atoms with Gasteiger partial charge in [0.05, 0.1) is 0 Å². The molecule has 0 aliphatic carbocycles. The van der Waals surface area contributed by atoms with E-state index in [9.17, 15) is 9.59 Å². The molecule has 0 saturated carbocycles. The minimum absolute atomic E-state index is 0.0405. The van der Waals surface area contributed by atoms with Crippen LogP contribution in [0, 0.1) is 0 Å². The normalized spacial score (nSPS) is 18.8. The van der Waals surface area contributed by atoms with Crippen LogP contribution in [0.5, 0.6) is 0 Å². The van der Waals surface area contributed by atoms with Gasteiger partial charge in [-0.25, -0.2) is 0 Å². The Bertz CT molecular complexity index is 553. The van der Waals surface area contributed by atoms with Crippen LogP contribution in [0.2, 0.25) is 5.28 Å². The highest BCUT2D eigenvalue weighted by Gasteiger charge is 2.32. The molecule has 114 valence electrons. The fraction of sp³-hybridized carbons (Fsp3) is 0.583. The number of rotatable bonds is 5. The van der Waals surface area contributed by atoms with Crippen LogP contribution in [0.3, 0.4) is 0 Å². The summed E-state index contributed by atoms with van der Waals surface area (Å²) in [6.45, 7) is 2.72. The molecule has 1 aliphatic heterocycles. The average molecular weight is 313 g/mol. The highest BCUT2D eigenvalue weighted by molar-refractivity contribution is 6.28. The van der Waals surface area contributed by atoms with Crippen molar-refractivity contribution in [1.82, 2.24) is 19.9 Å². The van der Waals surface area contributed by atoms with Crippen LogP contribution in [0.15, 0.2) is 0 Å². The van der Waals surface area contributed by atoms with Gasteiger partial charge in [-0.15, -0.1) is 0 Å². The van der Waals surface area contributed by atoms with E-state index >= 15 is 0 Å². The van der Waals surface area contributed by atoms with Gasteiger partial charge >= 0.3 is 0 Å². The summed E-state index contributed by atoms with van der Waals surface area (Å²) in [5, 5.41) is 5.95. The van der Waals surface area contributed by atoms with Crippen LogP contribution in [0.1, 0.15) is 26.2 Å². The summed E-state index contributed by atoms with van der Waals surface area (Å²) in [5.41, 5.74) is 0. The molecule has 1 atom stereocenters. The van der Waals surface area contributed by atoms with Crippen molar-refractivity contribution < 1.29 is 9.59 Å². The third-order valence-corrected chi connectivity index (χ3v) is 3.26. The number of carbonyl (C=O) groups is 2. The van der Waals surface area contributed by atoms with Gasteiger partial charge < -0.3 is 10.6 Å². The first kappa shape index (κ1) is 15.4. The van der Waals surface area contributed by atoms with Crippen LogP contribution in [-0.2, 0) is 9.59 Å². The molecule has 2 N–H and O–H groups in total. The maximum atomic E-state index is 12.0. The molecular weight excluding hydrogens is 296 g/mol. The highest BCUT2D eigenvalue weighted by Crippen LogP contribution is 2.16. The molecule has 0 aromatic carbocycles. The lowest BCUT2D eigenvalue weighted by atomic mass is 10.1. The summed E-state index contributed by atoms with van der Waals surface area (Å²) in [6, 6.07) is -0.537. The maximum absolute atomic E-state index is 12.0. The zero-order chi connectivity index (χ0) is 15.4. The molecule has 2 amide bonds. The van der Waals surface area contributed by atoms with Crippen molar-refractivity contribution in [1.29, 1.82) is 0 Å². The van der Waals surface area contributed by atoms with Gasteiger partial charge in [0.2, 0.25) is 23.1 Å². The number of imide groups is 1. The number of piperidine rings is 1. The third-order valence-electron chi connectivity index (χ3n) is 3.09. The number of aromatic nitrogens is 3. The molecule has 1 fully saturated rings. The molecular formula is C12H17ClN6O2. The van der Waals surface area contributed by atoms with Crippen molar-refractivity contribution in [3.8, 4) is 0 Å². The summed E-state index contributed by atoms with van der Waals surface area (Å²) in [4.78, 5) is 36.6. The minimum atomic E-state index is -0.537. The van der Waals surface area contributed by atoms with Gasteiger partial charge in [0.15, 0.2) is 0 Å². The lowest BCUT2D eigenvalue weighted by molar-refractivity contribution is -0.146. The second-order valence-electron chi connectivity index (χ2n) is 4.71. The summed E-state index contributed by atoms with van der Waals surface area (Å²) in [5.74, 6) is 0.0876. The molecule has 2 heterocycles. The number of anilines is 2. The first-order valence-electron chi connectivity index (χ1n) is 6.73. The molecule has 2 rings (SSSR count). The van der Waals surface area contributed by atoms with E-state index in [0.29, 0.717) is 25.3 Å². The highest BCUT2D eigenvalue weighted by atomic mass is 35.5. The lowest BCUT2D eigenvalue weighted by Gasteiger charge is -2.28. The molecule has 1 unspecified atom stereocenters. The van der Waals surface area contributed by atoms with Gasteiger partial charge in [-0.05, 0) is 24.4 Å². The number of likely N-dealkylation sites (tertiary alicyclic amines) is 1. The minimum Gasteiger partial charge on any atom is -0.354 e. The van der Waals surface area contributed by atoms with Gasteiger partial charge in [0, 0.05) is 20.0 Å². The van der Waals surface area contributed by atoms with E-state index in [1.54, 1.807) is 0 Å². The number of amides is 2. The molecule has 1 saturated heterocycles. The zero-order valence-corrected chi connectivity index (χ0v) is 12.6. The van der Waals surface area contributed by atoms with E-state index in [1.807, 2.05) is 6.92 Å². The molecule has 0 bridgehead atoms. The number of halogens is 1. The Morgan fingerprint density at radius 1 is 1.29 bits per heavy atom. The average Bonchev–Trinajstić information content (AvgIpc) is 2.45. The number of likely N-dealkylation sites (N-methyl/N-ethyl adjacent to an activating group) is 1. The van der Waals surface area contributed by atoms with Crippen molar-refractivity contribution in [2.75, 3.05) is 24.2 Å². The number of hydrogen-bond acceptors (Lipinski definition) is 7. The second kappa shape index (κ2) is 6.66. The standard InChI is InChI=1S/C12H17ClN6O2/c1-3-6-14-11-16-10(13)17-12(18-11)15-7-4-5-8(20)19(2)9(7)21/h7H,3-6H2,1-2H3,(H2,14,15,16,17,18). The first-order valence-corrected chi connectivity index (χ1v) is 7.11. The van der Waals surface area contributed by atoms with E-state index in [4.69, 9.17) is 11.6 Å². The summed E-state index contributed by atoms with van der Waals surface area (Å²) >= 11 is 5.84. The predicted octanol–water partition coefficient (Wildman–Crippen LogP) is 0.906. The quantitative estimate of drug-likeness (QED) is 0.779. The maximum Gasteiger partial charge on any atom is 0.251 e. The molecule has 1 aliphatic rings. The van der Waals surface area contributed by atoms with E-state index in [2.05, 4.69) is 25.6 Å².